The zero-order valence-corrected chi connectivity index (χ0v) is 9.57. The van der Waals surface area contributed by atoms with Crippen LogP contribution in [0.3, 0.4) is 0 Å². The van der Waals surface area contributed by atoms with E-state index in [1.54, 1.807) is 4.88 Å². The maximum atomic E-state index is 4.88. The zero-order chi connectivity index (χ0) is 9.54. The van der Waals surface area contributed by atoms with Gasteiger partial charge < -0.3 is 0 Å². The first-order chi connectivity index (χ1) is 6.88. The van der Waals surface area contributed by atoms with E-state index in [1.165, 1.54) is 49.2 Å². The zero-order valence-electron chi connectivity index (χ0n) is 8.75. The van der Waals surface area contributed by atoms with Crippen molar-refractivity contribution in [1.82, 2.24) is 4.98 Å². The van der Waals surface area contributed by atoms with Crippen molar-refractivity contribution in [3.63, 3.8) is 0 Å². The van der Waals surface area contributed by atoms with Gasteiger partial charge in [-0.3, -0.25) is 0 Å². The first kappa shape index (κ1) is 8.90. The second kappa shape index (κ2) is 3.34. The van der Waals surface area contributed by atoms with Crippen molar-refractivity contribution in [3.05, 3.63) is 15.6 Å². The van der Waals surface area contributed by atoms with Crippen molar-refractivity contribution in [2.45, 2.75) is 57.3 Å². The molecular weight excluding hydrogens is 190 g/mol. The molecule has 76 valence electrons. The molecule has 14 heavy (non-hydrogen) atoms. The Hall–Kier alpha value is -0.370. The third kappa shape index (κ3) is 1.40. The lowest BCUT2D eigenvalue weighted by Gasteiger charge is -2.24. The summed E-state index contributed by atoms with van der Waals surface area (Å²) < 4.78 is 0. The van der Waals surface area contributed by atoms with E-state index in [2.05, 4.69) is 6.92 Å². The fraction of sp³-hybridized carbons (Fsp3) is 0.750. The van der Waals surface area contributed by atoms with Crippen molar-refractivity contribution in [1.29, 1.82) is 0 Å². The lowest BCUT2D eigenvalue weighted by Crippen LogP contribution is -2.10. The minimum absolute atomic E-state index is 0.827. The van der Waals surface area contributed by atoms with Crippen LogP contribution in [0.2, 0.25) is 0 Å². The van der Waals surface area contributed by atoms with Gasteiger partial charge in [-0.25, -0.2) is 4.98 Å². The number of nitrogens with zero attached hydrogens (tertiary/aromatic N) is 1. The minimum atomic E-state index is 0.827. The summed E-state index contributed by atoms with van der Waals surface area (Å²) in [4.78, 5) is 6.46. The molecule has 0 aromatic carbocycles. The summed E-state index contributed by atoms with van der Waals surface area (Å²) in [5.41, 5.74) is 1.48. The van der Waals surface area contributed by atoms with Gasteiger partial charge in [0, 0.05) is 16.7 Å². The van der Waals surface area contributed by atoms with Crippen LogP contribution in [0.1, 0.15) is 66.4 Å². The molecule has 0 saturated heterocycles. The van der Waals surface area contributed by atoms with Gasteiger partial charge in [0.15, 0.2) is 0 Å². The normalized spacial score (nSPS) is 22.4. The molecule has 2 heteroatoms. The lowest BCUT2D eigenvalue weighted by atomic mass is 9.82. The molecule has 0 atom stereocenters. The maximum Gasteiger partial charge on any atom is 0.0962 e. The molecule has 1 nitrogen and oxygen atoms in total. The Bertz CT molecular complexity index is 334. The summed E-state index contributed by atoms with van der Waals surface area (Å²) >= 11 is 2.00. The monoisotopic (exact) mass is 207 g/mol. The average Bonchev–Trinajstić information content (AvgIpc) is 2.86. The van der Waals surface area contributed by atoms with E-state index >= 15 is 0 Å². The SMILES string of the molecule is CCc1sc(C2CC2)nc1C1CCC1. The molecule has 2 aliphatic rings. The topological polar surface area (TPSA) is 12.9 Å². The molecule has 3 rings (SSSR count). The van der Waals surface area contributed by atoms with E-state index in [0.717, 1.165) is 11.8 Å². The Morgan fingerprint density at radius 3 is 2.50 bits per heavy atom. The van der Waals surface area contributed by atoms with Crippen LogP contribution in [0, 0.1) is 0 Å². The highest BCUT2D eigenvalue weighted by molar-refractivity contribution is 7.11. The molecule has 0 amide bonds. The Labute approximate surface area is 89.6 Å². The maximum absolute atomic E-state index is 4.88. The summed E-state index contributed by atoms with van der Waals surface area (Å²) in [5.74, 6) is 1.67. The number of thiazole rings is 1. The van der Waals surface area contributed by atoms with Gasteiger partial charge in [-0.05, 0) is 32.1 Å². The highest BCUT2D eigenvalue weighted by Crippen LogP contribution is 2.46. The molecule has 0 unspecified atom stereocenters. The van der Waals surface area contributed by atoms with Crippen LogP contribution in [0.15, 0.2) is 0 Å². The van der Waals surface area contributed by atoms with Gasteiger partial charge >= 0.3 is 0 Å². The molecule has 1 heterocycles. The first-order valence-corrected chi connectivity index (χ1v) is 6.69. The summed E-state index contributed by atoms with van der Waals surface area (Å²) in [7, 11) is 0. The molecule has 2 fully saturated rings. The van der Waals surface area contributed by atoms with E-state index in [1.807, 2.05) is 11.3 Å². The molecule has 0 spiro atoms. The van der Waals surface area contributed by atoms with Crippen LogP contribution >= 0.6 is 11.3 Å². The molecule has 2 aliphatic carbocycles. The Morgan fingerprint density at radius 1 is 1.21 bits per heavy atom. The Morgan fingerprint density at radius 2 is 2.00 bits per heavy atom. The Balaban J connectivity index is 1.90. The largest absolute Gasteiger partial charge is 0.245 e. The van der Waals surface area contributed by atoms with Crippen molar-refractivity contribution in [3.8, 4) is 0 Å². The van der Waals surface area contributed by atoms with Gasteiger partial charge in [-0.1, -0.05) is 13.3 Å². The quantitative estimate of drug-likeness (QED) is 0.733. The second-order valence-corrected chi connectivity index (χ2v) is 5.73. The number of hydrogen-bond acceptors (Lipinski definition) is 2. The molecule has 0 radical (unpaired) electrons. The number of rotatable bonds is 3. The predicted molar refractivity (Wildman–Crippen MR) is 60.1 cm³/mol. The summed E-state index contributed by atoms with van der Waals surface area (Å²) in [5, 5.41) is 1.45. The van der Waals surface area contributed by atoms with E-state index in [9.17, 15) is 0 Å². The molecule has 0 N–H and O–H groups in total. The van der Waals surface area contributed by atoms with Gasteiger partial charge in [-0.15, -0.1) is 11.3 Å². The Kier molecular flexibility index (Phi) is 2.12. The van der Waals surface area contributed by atoms with Crippen LogP contribution in [0.4, 0.5) is 0 Å². The number of aryl methyl sites for hydroxylation is 1. The average molecular weight is 207 g/mol. The highest BCUT2D eigenvalue weighted by atomic mass is 32.1. The summed E-state index contributed by atoms with van der Waals surface area (Å²) in [6.07, 6.45) is 8.17. The van der Waals surface area contributed by atoms with Crippen molar-refractivity contribution < 1.29 is 0 Å². The predicted octanol–water partition coefficient (Wildman–Crippen LogP) is 3.85. The van der Waals surface area contributed by atoms with E-state index in [0.29, 0.717) is 0 Å². The van der Waals surface area contributed by atoms with Crippen molar-refractivity contribution >= 4 is 11.3 Å². The molecule has 2 saturated carbocycles. The molecular formula is C12H17NS. The summed E-state index contributed by atoms with van der Waals surface area (Å²) in [6.45, 7) is 2.27. The van der Waals surface area contributed by atoms with Crippen molar-refractivity contribution in [2.24, 2.45) is 0 Å². The number of aromatic nitrogens is 1. The highest BCUT2D eigenvalue weighted by Gasteiger charge is 2.31. The van der Waals surface area contributed by atoms with E-state index < -0.39 is 0 Å². The standard InChI is InChI=1S/C12H17NS/c1-2-10-11(8-4-3-5-8)13-12(14-10)9-6-7-9/h8-9H,2-7H2,1H3. The fourth-order valence-electron chi connectivity index (χ4n) is 2.14. The van der Waals surface area contributed by atoms with Crippen LogP contribution < -0.4 is 0 Å². The first-order valence-electron chi connectivity index (χ1n) is 5.88. The fourth-order valence-corrected chi connectivity index (χ4v) is 3.40. The smallest absolute Gasteiger partial charge is 0.0962 e. The van der Waals surface area contributed by atoms with Crippen LogP contribution in [-0.2, 0) is 6.42 Å². The van der Waals surface area contributed by atoms with Gasteiger partial charge in [0.1, 0.15) is 0 Å². The molecule has 1 aromatic rings. The van der Waals surface area contributed by atoms with Gasteiger partial charge in [0.25, 0.3) is 0 Å². The van der Waals surface area contributed by atoms with Gasteiger partial charge in [0.2, 0.25) is 0 Å². The van der Waals surface area contributed by atoms with Crippen LogP contribution in [0.5, 0.6) is 0 Å². The van der Waals surface area contributed by atoms with Crippen molar-refractivity contribution in [2.75, 3.05) is 0 Å². The van der Waals surface area contributed by atoms with E-state index in [4.69, 9.17) is 4.98 Å². The minimum Gasteiger partial charge on any atom is -0.245 e. The third-order valence-corrected chi connectivity index (χ3v) is 4.86. The number of hydrogen-bond donors (Lipinski definition) is 0. The van der Waals surface area contributed by atoms with Gasteiger partial charge in [-0.2, -0.15) is 0 Å². The van der Waals surface area contributed by atoms with Crippen LogP contribution in [0.25, 0.3) is 0 Å². The van der Waals surface area contributed by atoms with E-state index in [-0.39, 0.29) is 0 Å². The molecule has 0 bridgehead atoms. The van der Waals surface area contributed by atoms with Crippen LogP contribution in [-0.4, -0.2) is 4.98 Å². The molecule has 1 aromatic heterocycles. The third-order valence-electron chi connectivity index (χ3n) is 3.48. The van der Waals surface area contributed by atoms with Gasteiger partial charge in [0.05, 0.1) is 10.7 Å². The molecule has 0 aliphatic heterocycles. The lowest BCUT2D eigenvalue weighted by molar-refractivity contribution is 0.410. The second-order valence-electron chi connectivity index (χ2n) is 4.62. The summed E-state index contributed by atoms with van der Waals surface area (Å²) in [6, 6.07) is 0.